The molecule has 0 aromatic rings. The van der Waals surface area contributed by atoms with Gasteiger partial charge in [-0.05, 0) is 50.4 Å². The molecule has 4 aliphatic carbocycles. The van der Waals surface area contributed by atoms with Crippen molar-refractivity contribution in [3.8, 4) is 0 Å². The summed E-state index contributed by atoms with van der Waals surface area (Å²) in [5.74, 6) is 0.822. The molecule has 4 rings (SSSR count). The zero-order valence-electron chi connectivity index (χ0n) is 12.5. The van der Waals surface area contributed by atoms with E-state index in [1.165, 1.54) is 6.08 Å². The van der Waals surface area contributed by atoms with Crippen molar-refractivity contribution in [3.63, 3.8) is 0 Å². The van der Waals surface area contributed by atoms with Crippen LogP contribution in [0.3, 0.4) is 0 Å². The Morgan fingerprint density at radius 1 is 1.40 bits per heavy atom. The van der Waals surface area contributed by atoms with E-state index in [0.29, 0.717) is 18.8 Å². The second kappa shape index (κ2) is 4.57. The van der Waals surface area contributed by atoms with Gasteiger partial charge in [-0.25, -0.2) is 9.18 Å². The number of ether oxygens (including phenoxy) is 1. The molecule has 4 fully saturated rings. The Kier molecular flexibility index (Phi) is 3.22. The summed E-state index contributed by atoms with van der Waals surface area (Å²) in [5.41, 5.74) is -1.44. The lowest BCUT2D eigenvalue weighted by Crippen LogP contribution is -2.66. The minimum Gasteiger partial charge on any atom is -0.455 e. The zero-order chi connectivity index (χ0) is 14.5. The summed E-state index contributed by atoms with van der Waals surface area (Å²) in [6.07, 6.45) is 6.14. The lowest BCUT2D eigenvalue weighted by atomic mass is 9.46. The van der Waals surface area contributed by atoms with Crippen LogP contribution in [0.2, 0.25) is 0 Å². The maximum absolute atomic E-state index is 14.9. The van der Waals surface area contributed by atoms with Gasteiger partial charge in [0.25, 0.3) is 0 Å². The quantitative estimate of drug-likeness (QED) is 0.573. The van der Waals surface area contributed by atoms with E-state index in [2.05, 4.69) is 20.4 Å². The van der Waals surface area contributed by atoms with Crippen LogP contribution in [0.15, 0.2) is 12.7 Å². The molecule has 3 unspecified atom stereocenters. The summed E-state index contributed by atoms with van der Waals surface area (Å²) in [6, 6.07) is 0. The molecule has 4 saturated carbocycles. The number of carbonyl (C=O) groups excluding carboxylic acids is 1. The van der Waals surface area contributed by atoms with Gasteiger partial charge in [-0.15, -0.1) is 0 Å². The molecule has 0 amide bonds. The van der Waals surface area contributed by atoms with Gasteiger partial charge in [0.15, 0.2) is 0 Å². The fourth-order valence-electron chi connectivity index (χ4n) is 5.51. The molecule has 2 nitrogen and oxygen atoms in total. The van der Waals surface area contributed by atoms with Crippen LogP contribution >= 0.6 is 0 Å². The first kappa shape index (κ1) is 14.1. The van der Waals surface area contributed by atoms with E-state index >= 15 is 0 Å². The van der Waals surface area contributed by atoms with Crippen molar-refractivity contribution in [2.75, 3.05) is 0 Å². The third-order valence-corrected chi connectivity index (χ3v) is 6.22. The van der Waals surface area contributed by atoms with Crippen LogP contribution in [0.4, 0.5) is 4.39 Å². The first-order chi connectivity index (χ1) is 9.43. The molecule has 0 aromatic heterocycles. The number of hydrogen-bond acceptors (Lipinski definition) is 2. The third kappa shape index (κ3) is 1.85. The third-order valence-electron chi connectivity index (χ3n) is 6.22. The van der Waals surface area contributed by atoms with E-state index in [1.807, 2.05) is 0 Å². The zero-order valence-corrected chi connectivity index (χ0v) is 12.5. The van der Waals surface area contributed by atoms with E-state index < -0.39 is 11.3 Å². The predicted molar refractivity (Wildman–Crippen MR) is 75.9 cm³/mol. The van der Waals surface area contributed by atoms with Crippen molar-refractivity contribution in [1.82, 2.24) is 0 Å². The maximum Gasteiger partial charge on any atom is 0.330 e. The van der Waals surface area contributed by atoms with E-state index in [4.69, 9.17) is 4.74 Å². The summed E-state index contributed by atoms with van der Waals surface area (Å²) in [4.78, 5) is 11.9. The normalized spacial score (nSPS) is 47.0. The summed E-state index contributed by atoms with van der Waals surface area (Å²) in [6.45, 7) is 7.81. The number of esters is 1. The lowest BCUT2D eigenvalue weighted by molar-refractivity contribution is -0.241. The first-order valence-electron chi connectivity index (χ1n) is 7.98. The van der Waals surface area contributed by atoms with E-state index in [1.54, 1.807) is 0 Å². The molecule has 4 aliphatic rings. The second-order valence-electron chi connectivity index (χ2n) is 7.28. The average Bonchev–Trinajstić information content (AvgIpc) is 2.40. The monoisotopic (exact) mass is 280 g/mol. The molecule has 3 atom stereocenters. The number of carbonyl (C=O) groups is 1. The molecule has 0 heterocycles. The van der Waals surface area contributed by atoms with Gasteiger partial charge in [0.2, 0.25) is 0 Å². The van der Waals surface area contributed by atoms with Gasteiger partial charge in [0, 0.05) is 17.9 Å². The Morgan fingerprint density at radius 2 is 2.00 bits per heavy atom. The van der Waals surface area contributed by atoms with Crippen LogP contribution in [0.1, 0.15) is 52.4 Å². The van der Waals surface area contributed by atoms with Crippen LogP contribution in [-0.2, 0) is 9.53 Å². The van der Waals surface area contributed by atoms with Crippen molar-refractivity contribution < 1.29 is 13.9 Å². The maximum atomic E-state index is 14.9. The number of hydrogen-bond donors (Lipinski definition) is 0. The van der Waals surface area contributed by atoms with Crippen LogP contribution in [0.25, 0.3) is 0 Å². The summed E-state index contributed by atoms with van der Waals surface area (Å²) in [7, 11) is 0. The molecule has 4 bridgehead atoms. The molecule has 20 heavy (non-hydrogen) atoms. The van der Waals surface area contributed by atoms with Crippen LogP contribution < -0.4 is 0 Å². The molecular weight excluding hydrogens is 255 g/mol. The molecule has 0 aromatic carbocycles. The Balaban J connectivity index is 1.98. The fraction of sp³-hybridized carbons (Fsp3) is 0.824. The largest absolute Gasteiger partial charge is 0.455 e. The Bertz CT molecular complexity index is 415. The fourth-order valence-corrected chi connectivity index (χ4v) is 5.51. The second-order valence-corrected chi connectivity index (χ2v) is 7.28. The Labute approximate surface area is 120 Å². The topological polar surface area (TPSA) is 26.3 Å². The SMILES string of the molecule is C=CC(=O)OC1(C(C)CC)C2CC3CC1CC(F)(C3)C2. The summed E-state index contributed by atoms with van der Waals surface area (Å²) in [5, 5.41) is 0. The standard InChI is InChI=1S/C17H25FO2/c1-4-11(3)17(20-15(19)5-2)13-6-12-7-14(17)10-16(18,8-12)9-13/h5,11-14H,2,4,6-10H2,1,3H3. The van der Waals surface area contributed by atoms with Crippen molar-refractivity contribution in [1.29, 1.82) is 0 Å². The van der Waals surface area contributed by atoms with E-state index in [0.717, 1.165) is 25.7 Å². The molecule has 0 aliphatic heterocycles. The summed E-state index contributed by atoms with van der Waals surface area (Å²) >= 11 is 0. The van der Waals surface area contributed by atoms with Gasteiger partial charge in [-0.2, -0.15) is 0 Å². The highest BCUT2D eigenvalue weighted by Gasteiger charge is 2.65. The summed E-state index contributed by atoms with van der Waals surface area (Å²) < 4.78 is 20.8. The first-order valence-corrected chi connectivity index (χ1v) is 7.98. The van der Waals surface area contributed by atoms with E-state index in [9.17, 15) is 9.18 Å². The highest BCUT2D eigenvalue weighted by atomic mass is 19.1. The minimum atomic E-state index is -0.992. The number of halogens is 1. The van der Waals surface area contributed by atoms with Gasteiger partial charge >= 0.3 is 5.97 Å². The van der Waals surface area contributed by atoms with Gasteiger partial charge < -0.3 is 4.74 Å². The van der Waals surface area contributed by atoms with Gasteiger partial charge in [-0.3, -0.25) is 0 Å². The average molecular weight is 280 g/mol. The van der Waals surface area contributed by atoms with Crippen molar-refractivity contribution in [2.24, 2.45) is 23.7 Å². The molecule has 112 valence electrons. The Hall–Kier alpha value is -0.860. The molecule has 0 radical (unpaired) electrons. The van der Waals surface area contributed by atoms with Crippen LogP contribution in [0, 0.1) is 23.7 Å². The Morgan fingerprint density at radius 3 is 2.45 bits per heavy atom. The molecule has 0 spiro atoms. The molecule has 0 saturated heterocycles. The lowest BCUT2D eigenvalue weighted by Gasteiger charge is -2.63. The van der Waals surface area contributed by atoms with Crippen LogP contribution in [0.5, 0.6) is 0 Å². The number of alkyl halides is 1. The van der Waals surface area contributed by atoms with E-state index in [-0.39, 0.29) is 23.7 Å². The van der Waals surface area contributed by atoms with Gasteiger partial charge in [0.05, 0.1) is 0 Å². The molecule has 3 heteroatoms. The smallest absolute Gasteiger partial charge is 0.330 e. The number of rotatable bonds is 4. The van der Waals surface area contributed by atoms with Crippen LogP contribution in [-0.4, -0.2) is 17.2 Å². The molecular formula is C17H25FO2. The highest BCUT2D eigenvalue weighted by molar-refractivity contribution is 5.81. The minimum absolute atomic E-state index is 0.192. The van der Waals surface area contributed by atoms with Crippen molar-refractivity contribution in [2.45, 2.75) is 63.6 Å². The predicted octanol–water partition coefficient (Wildman–Crippen LogP) is 4.05. The van der Waals surface area contributed by atoms with Crippen molar-refractivity contribution in [3.05, 3.63) is 12.7 Å². The molecule has 0 N–H and O–H groups in total. The van der Waals surface area contributed by atoms with Gasteiger partial charge in [-0.1, -0.05) is 20.4 Å². The van der Waals surface area contributed by atoms with Crippen molar-refractivity contribution >= 4 is 5.97 Å². The van der Waals surface area contributed by atoms with Gasteiger partial charge in [0.1, 0.15) is 11.3 Å². The highest BCUT2D eigenvalue weighted by Crippen LogP contribution is 2.64.